The lowest BCUT2D eigenvalue weighted by Crippen LogP contribution is -3.05. The molecule has 1 aromatic heterocycles. The first-order valence-corrected chi connectivity index (χ1v) is 8.45. The van der Waals surface area contributed by atoms with Crippen molar-refractivity contribution in [3.05, 3.63) is 58.9 Å². The number of carbonyl (C=O) groups is 2. The molecule has 0 fully saturated rings. The summed E-state index contributed by atoms with van der Waals surface area (Å²) in [5, 5.41) is 5.72. The van der Waals surface area contributed by atoms with E-state index < -0.39 is 5.91 Å². The zero-order valence-corrected chi connectivity index (χ0v) is 16.2. The summed E-state index contributed by atoms with van der Waals surface area (Å²) < 4.78 is 0. The van der Waals surface area contributed by atoms with Gasteiger partial charge in [-0.15, -0.1) is 0 Å². The number of quaternary nitrogens is 1. The van der Waals surface area contributed by atoms with Crippen LogP contribution in [0.2, 0.25) is 5.15 Å². The van der Waals surface area contributed by atoms with Crippen molar-refractivity contribution in [3.8, 4) is 0 Å². The molecule has 0 aliphatic carbocycles. The molecule has 0 unspecified atom stereocenters. The zero-order chi connectivity index (χ0) is 18.2. The molecule has 0 bridgehead atoms. The van der Waals surface area contributed by atoms with E-state index in [9.17, 15) is 9.59 Å². The predicted molar refractivity (Wildman–Crippen MR) is 98.3 cm³/mol. The van der Waals surface area contributed by atoms with Crippen LogP contribution >= 0.6 is 11.6 Å². The minimum Gasteiger partial charge on any atom is -1.00 e. The highest BCUT2D eigenvalue weighted by atomic mass is 35.5. The molecule has 0 radical (unpaired) electrons. The monoisotopic (exact) mass is 396 g/mol. The number of nitrogens with zero attached hydrogens (tertiary/aromatic N) is 1. The maximum atomic E-state index is 12.4. The van der Waals surface area contributed by atoms with E-state index in [0.717, 1.165) is 13.0 Å². The molecule has 2 amide bonds. The van der Waals surface area contributed by atoms with Gasteiger partial charge in [-0.2, -0.15) is 0 Å². The van der Waals surface area contributed by atoms with E-state index in [0.29, 0.717) is 17.8 Å². The highest BCUT2D eigenvalue weighted by Crippen LogP contribution is 2.18. The van der Waals surface area contributed by atoms with Gasteiger partial charge in [0.05, 0.1) is 37.5 Å². The van der Waals surface area contributed by atoms with Crippen LogP contribution in [0.4, 0.5) is 5.69 Å². The molecule has 140 valence electrons. The number of para-hydroxylation sites is 1. The van der Waals surface area contributed by atoms with Crippen LogP contribution in [-0.4, -0.2) is 44.0 Å². The summed E-state index contributed by atoms with van der Waals surface area (Å²) in [6, 6.07) is 10.1. The minimum absolute atomic E-state index is 0. The lowest BCUT2D eigenvalue weighted by atomic mass is 10.1. The summed E-state index contributed by atoms with van der Waals surface area (Å²) in [5.41, 5.74) is 1.10. The van der Waals surface area contributed by atoms with E-state index in [1.807, 2.05) is 0 Å². The van der Waals surface area contributed by atoms with Crippen molar-refractivity contribution in [2.45, 2.75) is 6.42 Å². The number of pyridine rings is 1. The van der Waals surface area contributed by atoms with E-state index in [2.05, 4.69) is 29.7 Å². The summed E-state index contributed by atoms with van der Waals surface area (Å²) in [6.45, 7) is 1.55. The van der Waals surface area contributed by atoms with Crippen molar-refractivity contribution in [1.82, 2.24) is 10.3 Å². The normalized spacial score (nSPS) is 10.2. The minimum atomic E-state index is -0.408. The largest absolute Gasteiger partial charge is 1.00 e. The predicted octanol–water partition coefficient (Wildman–Crippen LogP) is -1.74. The van der Waals surface area contributed by atoms with Crippen LogP contribution in [0.15, 0.2) is 42.6 Å². The number of halogens is 2. The molecule has 1 aromatic carbocycles. The molecule has 26 heavy (non-hydrogen) atoms. The Hall–Kier alpha value is -2.15. The maximum Gasteiger partial charge on any atom is 0.258 e. The number of anilines is 1. The average molecular weight is 397 g/mol. The fourth-order valence-electron chi connectivity index (χ4n) is 2.27. The van der Waals surface area contributed by atoms with Gasteiger partial charge in [0.15, 0.2) is 0 Å². The first-order valence-electron chi connectivity index (χ1n) is 8.07. The van der Waals surface area contributed by atoms with E-state index in [1.165, 1.54) is 11.1 Å². The van der Waals surface area contributed by atoms with Gasteiger partial charge in [-0.1, -0.05) is 23.7 Å². The van der Waals surface area contributed by atoms with E-state index >= 15 is 0 Å². The second-order valence-corrected chi connectivity index (χ2v) is 6.27. The Morgan fingerprint density at radius 3 is 2.46 bits per heavy atom. The Bertz CT molecular complexity index is 753. The lowest BCUT2D eigenvalue weighted by Gasteiger charge is -2.12. The van der Waals surface area contributed by atoms with Crippen LogP contribution in [0, 0.1) is 0 Å². The molecule has 6 nitrogen and oxygen atoms in total. The van der Waals surface area contributed by atoms with Crippen LogP contribution in [0.3, 0.4) is 0 Å². The third-order valence-electron chi connectivity index (χ3n) is 3.56. The van der Waals surface area contributed by atoms with Gasteiger partial charge in [0.2, 0.25) is 0 Å². The molecule has 0 aliphatic heterocycles. The molecular formula is C18H22Cl2N4O2. The summed E-state index contributed by atoms with van der Waals surface area (Å²) in [4.78, 5) is 30.0. The number of benzene rings is 1. The van der Waals surface area contributed by atoms with Crippen molar-refractivity contribution >= 4 is 29.1 Å². The average Bonchev–Trinajstić information content (AvgIpc) is 2.59. The third-order valence-corrected chi connectivity index (χ3v) is 3.86. The standard InChI is InChI=1S/C18H21ClN4O2.ClH/c1-23(2)12-6-11-21-17(24)13-7-3-4-9-15(13)22-18(25)14-8-5-10-20-16(14)19;/h3-5,7-10H,6,11-12H2,1-2H3,(H,21,24)(H,22,25);1H. The Morgan fingerprint density at radius 2 is 1.77 bits per heavy atom. The first kappa shape index (κ1) is 21.9. The summed E-state index contributed by atoms with van der Waals surface area (Å²) in [7, 11) is 4.13. The number of hydrogen-bond donors (Lipinski definition) is 3. The van der Waals surface area contributed by atoms with Crippen molar-refractivity contribution in [2.75, 3.05) is 32.5 Å². The van der Waals surface area contributed by atoms with E-state index in [-0.39, 0.29) is 29.0 Å². The molecule has 0 saturated carbocycles. The van der Waals surface area contributed by atoms with Gasteiger partial charge >= 0.3 is 0 Å². The Kier molecular flexibility index (Phi) is 9.05. The number of amides is 2. The SMILES string of the molecule is C[NH+](C)CCCNC(=O)c1ccccc1NC(=O)c1cccnc1Cl.[Cl-]. The number of aromatic nitrogens is 1. The topological polar surface area (TPSA) is 75.5 Å². The lowest BCUT2D eigenvalue weighted by molar-refractivity contribution is -0.858. The van der Waals surface area contributed by atoms with Crippen LogP contribution in [-0.2, 0) is 0 Å². The van der Waals surface area contributed by atoms with Crippen molar-refractivity contribution in [2.24, 2.45) is 0 Å². The van der Waals surface area contributed by atoms with Gasteiger partial charge < -0.3 is 27.9 Å². The smallest absolute Gasteiger partial charge is 0.258 e. The second-order valence-electron chi connectivity index (χ2n) is 5.91. The molecule has 0 saturated heterocycles. The molecular weight excluding hydrogens is 375 g/mol. The van der Waals surface area contributed by atoms with Crippen LogP contribution in [0.25, 0.3) is 0 Å². The van der Waals surface area contributed by atoms with Gasteiger partial charge in [0, 0.05) is 19.2 Å². The molecule has 1 heterocycles. The highest BCUT2D eigenvalue weighted by molar-refractivity contribution is 6.33. The maximum absolute atomic E-state index is 12.4. The van der Waals surface area contributed by atoms with E-state index in [4.69, 9.17) is 11.6 Å². The number of rotatable bonds is 7. The third kappa shape index (κ3) is 6.29. The van der Waals surface area contributed by atoms with Crippen molar-refractivity contribution in [1.29, 1.82) is 0 Å². The van der Waals surface area contributed by atoms with Crippen LogP contribution in [0.5, 0.6) is 0 Å². The van der Waals surface area contributed by atoms with Crippen LogP contribution < -0.4 is 27.9 Å². The number of nitrogens with one attached hydrogen (secondary N) is 3. The van der Waals surface area contributed by atoms with Gasteiger partial charge in [-0.05, 0) is 24.3 Å². The zero-order valence-electron chi connectivity index (χ0n) is 14.7. The Morgan fingerprint density at radius 1 is 1.08 bits per heavy atom. The molecule has 2 rings (SSSR count). The van der Waals surface area contributed by atoms with Gasteiger partial charge in [-0.25, -0.2) is 4.98 Å². The first-order chi connectivity index (χ1) is 12.0. The number of hydrogen-bond acceptors (Lipinski definition) is 3. The van der Waals surface area contributed by atoms with E-state index in [1.54, 1.807) is 36.4 Å². The molecule has 2 aromatic rings. The van der Waals surface area contributed by atoms with Crippen LogP contribution in [0.1, 0.15) is 27.1 Å². The molecule has 0 aliphatic rings. The summed E-state index contributed by atoms with van der Waals surface area (Å²) in [6.07, 6.45) is 2.39. The summed E-state index contributed by atoms with van der Waals surface area (Å²) in [5.74, 6) is -0.628. The number of carbonyl (C=O) groups excluding carboxylic acids is 2. The fourth-order valence-corrected chi connectivity index (χ4v) is 2.48. The Labute approximate surface area is 164 Å². The second kappa shape index (κ2) is 10.8. The summed E-state index contributed by atoms with van der Waals surface area (Å²) >= 11 is 5.94. The van der Waals surface area contributed by atoms with Crippen molar-refractivity contribution in [3.63, 3.8) is 0 Å². The Balaban J connectivity index is 0.00000338. The quantitative estimate of drug-likeness (QED) is 0.384. The van der Waals surface area contributed by atoms with Crippen molar-refractivity contribution < 1.29 is 26.9 Å². The molecule has 3 N–H and O–H groups in total. The fraction of sp³-hybridized carbons (Fsp3) is 0.278. The van der Waals surface area contributed by atoms with Gasteiger partial charge in [-0.3, -0.25) is 9.59 Å². The van der Waals surface area contributed by atoms with Gasteiger partial charge in [0.1, 0.15) is 5.15 Å². The molecule has 0 spiro atoms. The highest BCUT2D eigenvalue weighted by Gasteiger charge is 2.15. The van der Waals surface area contributed by atoms with Gasteiger partial charge in [0.25, 0.3) is 11.8 Å². The molecule has 0 atom stereocenters. The molecule has 8 heteroatoms.